The molecule has 2 aromatic carbocycles. The maximum Gasteiger partial charge on any atom is 0.321 e. The highest BCUT2D eigenvalue weighted by Crippen LogP contribution is 2.31. The zero-order valence-corrected chi connectivity index (χ0v) is 25.4. The van der Waals surface area contributed by atoms with Gasteiger partial charge < -0.3 is 29.5 Å². The third-order valence-electron chi connectivity index (χ3n) is 7.31. The number of carbonyl (C=O) groups excluding carboxylic acids is 2. The lowest BCUT2D eigenvalue weighted by molar-refractivity contribution is 0.0371. The molecule has 0 saturated carbocycles. The minimum atomic E-state index is -3.92. The Hall–Kier alpha value is -4.10. The van der Waals surface area contributed by atoms with Crippen LogP contribution in [0.4, 0.5) is 16.2 Å². The molecule has 1 aliphatic rings. The topological polar surface area (TPSA) is 154 Å². The van der Waals surface area contributed by atoms with Gasteiger partial charge in [-0.1, -0.05) is 29.8 Å². The highest BCUT2D eigenvalue weighted by molar-refractivity contribution is 7.92. The SMILES string of the molecule is Cc1ccc(S(=O)(=O)Nc2ccc3c(c2)C(=O)N([C@@H](C)CO)C[C@H](C)[C@H](CN(C)C(=O)Nc2c(C)noc2C)O3)cc1. The van der Waals surface area contributed by atoms with Crippen molar-refractivity contribution in [3.63, 3.8) is 0 Å². The summed E-state index contributed by atoms with van der Waals surface area (Å²) >= 11 is 0. The summed E-state index contributed by atoms with van der Waals surface area (Å²) in [4.78, 5) is 29.8. The summed E-state index contributed by atoms with van der Waals surface area (Å²) in [5, 5.41) is 16.6. The number of aliphatic hydroxyl groups is 1. The van der Waals surface area contributed by atoms with E-state index in [1.807, 2.05) is 13.8 Å². The number of hydrogen-bond acceptors (Lipinski definition) is 8. The summed E-state index contributed by atoms with van der Waals surface area (Å²) in [7, 11) is -2.29. The number of hydrogen-bond donors (Lipinski definition) is 3. The maximum atomic E-state index is 13.7. The second kappa shape index (κ2) is 12.4. The molecule has 0 radical (unpaired) electrons. The molecule has 0 unspecified atom stereocenters. The molecular formula is C29H37N5O7S. The molecule has 226 valence electrons. The van der Waals surface area contributed by atoms with E-state index < -0.39 is 28.1 Å². The van der Waals surface area contributed by atoms with Gasteiger partial charge in [0.1, 0.15) is 23.2 Å². The molecule has 0 fully saturated rings. The average molecular weight is 600 g/mol. The van der Waals surface area contributed by atoms with Crippen LogP contribution in [0.25, 0.3) is 0 Å². The zero-order chi connectivity index (χ0) is 30.8. The fraction of sp³-hybridized carbons (Fsp3) is 0.414. The predicted octanol–water partition coefficient (Wildman–Crippen LogP) is 3.78. The quantitative estimate of drug-likeness (QED) is 0.353. The Balaban J connectivity index is 1.62. The van der Waals surface area contributed by atoms with Crippen LogP contribution in [0, 0.1) is 26.7 Å². The Morgan fingerprint density at radius 1 is 1.19 bits per heavy atom. The normalized spacial score (nSPS) is 17.9. The van der Waals surface area contributed by atoms with Gasteiger partial charge in [-0.3, -0.25) is 9.52 Å². The molecule has 3 atom stereocenters. The Morgan fingerprint density at radius 2 is 1.88 bits per heavy atom. The lowest BCUT2D eigenvalue weighted by Gasteiger charge is -2.38. The average Bonchev–Trinajstić information content (AvgIpc) is 3.26. The van der Waals surface area contributed by atoms with Crippen LogP contribution in [0.15, 0.2) is 51.9 Å². The highest BCUT2D eigenvalue weighted by Gasteiger charge is 2.34. The summed E-state index contributed by atoms with van der Waals surface area (Å²) in [6, 6.07) is 10.0. The maximum absolute atomic E-state index is 13.7. The van der Waals surface area contributed by atoms with E-state index in [1.54, 1.807) is 44.9 Å². The van der Waals surface area contributed by atoms with Crippen LogP contribution < -0.4 is 14.8 Å². The van der Waals surface area contributed by atoms with Crippen LogP contribution in [0.2, 0.25) is 0 Å². The van der Waals surface area contributed by atoms with Crippen molar-refractivity contribution in [2.45, 2.75) is 51.7 Å². The molecule has 0 aliphatic carbocycles. The van der Waals surface area contributed by atoms with Crippen LogP contribution in [0.1, 0.15) is 41.2 Å². The van der Waals surface area contributed by atoms with Gasteiger partial charge in [0.05, 0.1) is 29.7 Å². The van der Waals surface area contributed by atoms with Gasteiger partial charge in [-0.15, -0.1) is 0 Å². The Kier molecular flexibility index (Phi) is 9.12. The minimum absolute atomic E-state index is 0.0877. The van der Waals surface area contributed by atoms with Gasteiger partial charge in [0.2, 0.25) is 0 Å². The molecule has 1 aliphatic heterocycles. The number of benzene rings is 2. The van der Waals surface area contributed by atoms with Gasteiger partial charge in [-0.25, -0.2) is 13.2 Å². The van der Waals surface area contributed by atoms with Crippen molar-refractivity contribution in [2.75, 3.05) is 36.8 Å². The largest absolute Gasteiger partial charge is 0.487 e. The molecule has 13 heteroatoms. The number of nitrogens with zero attached hydrogens (tertiary/aromatic N) is 3. The first-order valence-electron chi connectivity index (χ1n) is 13.6. The van der Waals surface area contributed by atoms with E-state index in [-0.39, 0.29) is 53.5 Å². The number of nitrogens with one attached hydrogen (secondary N) is 2. The molecule has 12 nitrogen and oxygen atoms in total. The van der Waals surface area contributed by atoms with E-state index >= 15 is 0 Å². The molecule has 0 bridgehead atoms. The molecular weight excluding hydrogens is 562 g/mol. The number of sulfonamides is 1. The molecule has 4 rings (SSSR count). The molecule has 0 spiro atoms. The van der Waals surface area contributed by atoms with Gasteiger partial charge in [-0.2, -0.15) is 0 Å². The van der Waals surface area contributed by atoms with E-state index in [0.29, 0.717) is 17.1 Å². The van der Waals surface area contributed by atoms with E-state index in [2.05, 4.69) is 15.2 Å². The van der Waals surface area contributed by atoms with Crippen LogP contribution in [-0.2, 0) is 10.0 Å². The monoisotopic (exact) mass is 599 g/mol. The summed E-state index contributed by atoms with van der Waals surface area (Å²) in [5.74, 6) is 0.0899. The number of aliphatic hydroxyl groups excluding tert-OH is 1. The van der Waals surface area contributed by atoms with Crippen molar-refractivity contribution >= 4 is 33.3 Å². The molecule has 1 aromatic heterocycles. The van der Waals surface area contributed by atoms with Gasteiger partial charge in [0, 0.05) is 25.2 Å². The minimum Gasteiger partial charge on any atom is -0.487 e. The first-order valence-corrected chi connectivity index (χ1v) is 15.1. The van der Waals surface area contributed by atoms with Crippen LogP contribution in [0.3, 0.4) is 0 Å². The highest BCUT2D eigenvalue weighted by atomic mass is 32.2. The summed E-state index contributed by atoms with van der Waals surface area (Å²) in [6.45, 7) is 9.08. The van der Waals surface area contributed by atoms with Crippen molar-refractivity contribution in [1.29, 1.82) is 0 Å². The third-order valence-corrected chi connectivity index (χ3v) is 8.71. The number of ether oxygens (including phenoxy) is 1. The predicted molar refractivity (Wildman–Crippen MR) is 157 cm³/mol. The first-order chi connectivity index (χ1) is 19.8. The number of aryl methyl sites for hydroxylation is 3. The van der Waals surface area contributed by atoms with Crippen molar-refractivity contribution in [2.24, 2.45) is 5.92 Å². The second-order valence-electron chi connectivity index (χ2n) is 10.8. The van der Waals surface area contributed by atoms with Crippen molar-refractivity contribution in [3.05, 3.63) is 65.0 Å². The zero-order valence-electron chi connectivity index (χ0n) is 24.5. The fourth-order valence-electron chi connectivity index (χ4n) is 4.65. The van der Waals surface area contributed by atoms with Gasteiger partial charge in [-0.05, 0) is 58.0 Å². The van der Waals surface area contributed by atoms with E-state index in [4.69, 9.17) is 9.26 Å². The van der Waals surface area contributed by atoms with Crippen molar-refractivity contribution < 1.29 is 32.4 Å². The van der Waals surface area contributed by atoms with Gasteiger partial charge in [0.15, 0.2) is 5.76 Å². The van der Waals surface area contributed by atoms with E-state index in [0.717, 1.165) is 5.56 Å². The number of amides is 3. The number of aromatic nitrogens is 1. The van der Waals surface area contributed by atoms with Crippen LogP contribution in [0.5, 0.6) is 5.75 Å². The summed E-state index contributed by atoms with van der Waals surface area (Å²) in [5.41, 5.74) is 2.30. The van der Waals surface area contributed by atoms with Gasteiger partial charge in [0.25, 0.3) is 15.9 Å². The number of likely N-dealkylation sites (N-methyl/N-ethyl adjacent to an activating group) is 1. The van der Waals surface area contributed by atoms with Crippen LogP contribution >= 0.6 is 0 Å². The van der Waals surface area contributed by atoms with E-state index in [1.165, 1.54) is 35.2 Å². The number of urea groups is 1. The third kappa shape index (κ3) is 6.68. The van der Waals surface area contributed by atoms with Crippen molar-refractivity contribution in [3.8, 4) is 5.75 Å². The Morgan fingerprint density at radius 3 is 2.50 bits per heavy atom. The first kappa shape index (κ1) is 30.8. The number of rotatable bonds is 8. The summed E-state index contributed by atoms with van der Waals surface area (Å²) in [6.07, 6.45) is -0.541. The Labute approximate surface area is 245 Å². The Bertz CT molecular complexity index is 1540. The molecule has 3 amide bonds. The number of anilines is 2. The molecule has 42 heavy (non-hydrogen) atoms. The van der Waals surface area contributed by atoms with E-state index in [9.17, 15) is 23.1 Å². The standard InChI is InChI=1S/C29H37N5O7S/c1-17-7-10-23(11-8-17)42(38,39)32-22-9-12-25-24(13-22)28(36)34(19(3)16-35)14-18(2)26(40-25)15-33(6)29(37)30-27-20(4)31-41-21(27)5/h7-13,18-19,26,32,35H,14-16H2,1-6H3,(H,30,37)/t18-,19-,26-/m0/s1. The molecule has 3 N–H and O–H groups in total. The lowest BCUT2D eigenvalue weighted by atomic mass is 9.99. The van der Waals surface area contributed by atoms with Gasteiger partial charge >= 0.3 is 6.03 Å². The summed E-state index contributed by atoms with van der Waals surface area (Å²) < 4.78 is 40.0. The fourth-order valence-corrected chi connectivity index (χ4v) is 5.70. The number of fused-ring (bicyclic) bond motifs is 1. The van der Waals surface area contributed by atoms with Crippen molar-refractivity contribution in [1.82, 2.24) is 15.0 Å². The second-order valence-corrected chi connectivity index (χ2v) is 12.4. The number of carbonyl (C=O) groups is 2. The molecule has 3 aromatic rings. The van der Waals surface area contributed by atoms with Crippen LogP contribution in [-0.4, -0.2) is 79.3 Å². The smallest absolute Gasteiger partial charge is 0.321 e. The molecule has 0 saturated heterocycles. The molecule has 2 heterocycles. The lowest BCUT2D eigenvalue weighted by Crippen LogP contribution is -2.50.